The van der Waals surface area contributed by atoms with Crippen LogP contribution in [-0.2, 0) is 25.7 Å². The first kappa shape index (κ1) is 34.4. The van der Waals surface area contributed by atoms with Gasteiger partial charge in [0.05, 0.1) is 0 Å². The van der Waals surface area contributed by atoms with Crippen LogP contribution < -0.4 is 25.9 Å². The first-order valence-corrected chi connectivity index (χ1v) is 15.8. The summed E-state index contributed by atoms with van der Waals surface area (Å²) in [5, 5.41) is 0. The lowest BCUT2D eigenvalue weighted by molar-refractivity contribution is -0.597. The highest BCUT2D eigenvalue weighted by Crippen LogP contribution is 2.32. The third-order valence-corrected chi connectivity index (χ3v) is 9.16. The number of rotatable bonds is 5. The average Bonchev–Trinajstić information content (AvgIpc) is 2.84. The number of halogens is 5. The number of hydrogen-bond acceptors (Lipinski definition) is 5. The molecule has 3 rings (SSSR count). The zero-order chi connectivity index (χ0) is 31.5. The molecule has 0 aliphatic heterocycles. The van der Waals surface area contributed by atoms with Crippen LogP contribution in [0.4, 0.5) is 17.6 Å². The SMILES string of the molecule is C=C(C)C(=O)Oc1c(F)c(F)c(S(=O)(=O)[O-])c(F)c1F.CC(C)(C)c1ccc([I+]c2ccc(C(C)(C)C)cc2)cc1. The van der Waals surface area contributed by atoms with Crippen LogP contribution in [0.25, 0.3) is 0 Å². The lowest BCUT2D eigenvalue weighted by Crippen LogP contribution is -3.61. The molecule has 0 atom stereocenters. The van der Waals surface area contributed by atoms with E-state index in [-0.39, 0.29) is 37.6 Å². The fraction of sp³-hybridized carbons (Fsp3) is 0.300. The highest BCUT2D eigenvalue weighted by molar-refractivity contribution is 7.85. The molecule has 3 aromatic rings. The molecule has 0 aliphatic carbocycles. The Morgan fingerprint density at radius 1 is 0.756 bits per heavy atom. The molecule has 0 saturated heterocycles. The molecule has 3 aromatic carbocycles. The molecule has 0 heterocycles. The fourth-order valence-corrected chi connectivity index (χ4v) is 6.01. The van der Waals surface area contributed by atoms with E-state index in [1.807, 2.05) is 0 Å². The van der Waals surface area contributed by atoms with Gasteiger partial charge in [-0.3, -0.25) is 0 Å². The predicted molar refractivity (Wildman–Crippen MR) is 142 cm³/mol. The Labute approximate surface area is 248 Å². The van der Waals surface area contributed by atoms with Crippen molar-refractivity contribution in [1.29, 1.82) is 0 Å². The summed E-state index contributed by atoms with van der Waals surface area (Å²) in [6.07, 6.45) is 0. The van der Waals surface area contributed by atoms with E-state index in [0.29, 0.717) is 0 Å². The minimum atomic E-state index is -5.81. The summed E-state index contributed by atoms with van der Waals surface area (Å²) in [7, 11) is -5.81. The van der Waals surface area contributed by atoms with Crippen molar-refractivity contribution in [3.63, 3.8) is 0 Å². The van der Waals surface area contributed by atoms with Crippen molar-refractivity contribution in [3.05, 3.63) is 102 Å². The van der Waals surface area contributed by atoms with Crippen LogP contribution in [0.15, 0.2) is 65.6 Å². The zero-order valence-electron chi connectivity index (χ0n) is 23.7. The molecule has 0 unspecified atom stereocenters. The highest BCUT2D eigenvalue weighted by Gasteiger charge is 2.31. The Kier molecular flexibility index (Phi) is 10.9. The molecular formula is C30H31F4IO5S. The van der Waals surface area contributed by atoms with Crippen molar-refractivity contribution in [3.8, 4) is 5.75 Å². The number of esters is 1. The molecule has 41 heavy (non-hydrogen) atoms. The Morgan fingerprint density at radius 2 is 1.10 bits per heavy atom. The molecular weight excluding hydrogens is 675 g/mol. The molecule has 0 saturated carbocycles. The predicted octanol–water partition coefficient (Wildman–Crippen LogP) is 4.04. The van der Waals surface area contributed by atoms with Gasteiger partial charge >= 0.3 is 27.2 Å². The summed E-state index contributed by atoms with van der Waals surface area (Å²) in [4.78, 5) is 8.71. The van der Waals surface area contributed by atoms with Gasteiger partial charge in [-0.25, -0.2) is 22.0 Å². The molecule has 0 aromatic heterocycles. The van der Waals surface area contributed by atoms with Crippen LogP contribution in [0, 0.1) is 30.4 Å². The number of hydrogen-bond donors (Lipinski definition) is 0. The van der Waals surface area contributed by atoms with Gasteiger partial charge in [0, 0.05) is 5.57 Å². The van der Waals surface area contributed by atoms with E-state index in [4.69, 9.17) is 0 Å². The standard InChI is InChI=1S/C20H26I.C10H6F4O5S/c1-19(2,3)15-7-11-17(12-8-15)21-18-13-9-16(10-14-18)20(4,5)6;1-3(2)10(15)19-8-4(11)6(13)9(20(16,17)18)7(14)5(8)12/h7-14H,1-6H3;1H2,2H3,(H,16,17,18)/q+1;/p-1. The zero-order valence-corrected chi connectivity index (χ0v) is 26.6. The van der Waals surface area contributed by atoms with E-state index >= 15 is 0 Å². The number of benzene rings is 3. The van der Waals surface area contributed by atoms with Crippen molar-refractivity contribution in [2.45, 2.75) is 64.2 Å². The molecule has 0 fully saturated rings. The smallest absolute Gasteiger partial charge is 0.357 e. The molecule has 0 aliphatic rings. The van der Waals surface area contributed by atoms with Gasteiger partial charge in [0.1, 0.15) is 15.0 Å². The lowest BCUT2D eigenvalue weighted by Gasteiger charge is -2.18. The van der Waals surface area contributed by atoms with E-state index in [1.54, 1.807) is 0 Å². The molecule has 5 nitrogen and oxygen atoms in total. The molecule has 0 radical (unpaired) electrons. The normalized spacial score (nSPS) is 11.9. The van der Waals surface area contributed by atoms with Crippen molar-refractivity contribution in [2.75, 3.05) is 0 Å². The van der Waals surface area contributed by atoms with Crippen LogP contribution in [0.3, 0.4) is 0 Å². The quantitative estimate of drug-likeness (QED) is 0.0762. The summed E-state index contributed by atoms with van der Waals surface area (Å²) in [5.41, 5.74) is 2.97. The molecule has 11 heteroatoms. The summed E-state index contributed by atoms with van der Waals surface area (Å²) in [5.74, 6) is -12.8. The Balaban J connectivity index is 0.000000287. The van der Waals surface area contributed by atoms with Crippen molar-refractivity contribution in [1.82, 2.24) is 0 Å². The topological polar surface area (TPSA) is 83.5 Å². The van der Waals surface area contributed by atoms with Crippen molar-refractivity contribution in [2.24, 2.45) is 0 Å². The third-order valence-electron chi connectivity index (χ3n) is 5.61. The highest BCUT2D eigenvalue weighted by atomic mass is 127. The van der Waals surface area contributed by atoms with Crippen LogP contribution in [0.5, 0.6) is 5.75 Å². The Hall–Kier alpha value is -2.77. The minimum Gasteiger partial charge on any atom is -0.744 e. The molecule has 222 valence electrons. The average molecular weight is 707 g/mol. The van der Waals surface area contributed by atoms with E-state index < -0.39 is 50.0 Å². The van der Waals surface area contributed by atoms with Crippen LogP contribution in [0.1, 0.15) is 59.6 Å². The second kappa shape index (κ2) is 13.0. The van der Waals surface area contributed by atoms with Gasteiger partial charge in [0.25, 0.3) is 0 Å². The van der Waals surface area contributed by atoms with Gasteiger partial charge in [-0.05, 0) is 53.1 Å². The molecule has 0 spiro atoms. The summed E-state index contributed by atoms with van der Waals surface area (Å²) in [6.45, 7) is 17.7. The van der Waals surface area contributed by atoms with E-state index in [9.17, 15) is 35.3 Å². The fourth-order valence-electron chi connectivity index (χ4n) is 3.23. The third kappa shape index (κ3) is 9.11. The summed E-state index contributed by atoms with van der Waals surface area (Å²) < 4.78 is 91.9. The minimum absolute atomic E-state index is 0.0703. The van der Waals surface area contributed by atoms with Crippen LogP contribution in [-0.4, -0.2) is 18.9 Å². The monoisotopic (exact) mass is 706 g/mol. The maximum atomic E-state index is 13.4. The van der Waals surface area contributed by atoms with Crippen LogP contribution >= 0.6 is 0 Å². The maximum absolute atomic E-state index is 13.4. The molecule has 0 N–H and O–H groups in total. The van der Waals surface area contributed by atoms with Gasteiger partial charge in [0.2, 0.25) is 17.4 Å². The first-order valence-electron chi connectivity index (χ1n) is 12.2. The van der Waals surface area contributed by atoms with Gasteiger partial charge in [-0.1, -0.05) is 72.4 Å². The molecule has 0 amide bonds. The molecule has 0 bridgehead atoms. The van der Waals surface area contributed by atoms with E-state index in [0.717, 1.165) is 6.92 Å². The Morgan fingerprint density at radius 3 is 1.37 bits per heavy atom. The van der Waals surface area contributed by atoms with Gasteiger partial charge < -0.3 is 9.29 Å². The number of ether oxygens (including phenoxy) is 1. The second-order valence-corrected chi connectivity index (χ2v) is 15.5. The van der Waals surface area contributed by atoms with E-state index in [2.05, 4.69) is 101 Å². The lowest BCUT2D eigenvalue weighted by atomic mass is 9.87. The van der Waals surface area contributed by atoms with Crippen molar-refractivity contribution >= 4 is 16.1 Å². The summed E-state index contributed by atoms with van der Waals surface area (Å²) >= 11 is -0.0703. The first-order chi connectivity index (χ1) is 18.6. The second-order valence-electron chi connectivity index (χ2n) is 11.1. The largest absolute Gasteiger partial charge is 0.744 e. The van der Waals surface area contributed by atoms with Gasteiger partial charge in [0.15, 0.2) is 18.8 Å². The Bertz CT molecular complexity index is 1450. The van der Waals surface area contributed by atoms with Gasteiger partial charge in [-0.2, -0.15) is 8.78 Å². The number of carbonyl (C=O) groups excluding carboxylic acids is 1. The van der Waals surface area contributed by atoms with Crippen LogP contribution in [0.2, 0.25) is 0 Å². The number of carbonyl (C=O) groups is 1. The van der Waals surface area contributed by atoms with E-state index in [1.165, 1.54) is 18.3 Å². The van der Waals surface area contributed by atoms with Gasteiger partial charge in [-0.15, -0.1) is 0 Å². The summed E-state index contributed by atoms with van der Waals surface area (Å²) in [6, 6.07) is 18.4. The van der Waals surface area contributed by atoms with Crippen molar-refractivity contribution < 1.29 is 61.3 Å². The maximum Gasteiger partial charge on any atom is 0.357 e.